The van der Waals surface area contributed by atoms with E-state index in [4.69, 9.17) is 4.74 Å². The summed E-state index contributed by atoms with van der Waals surface area (Å²) in [4.78, 5) is 38.9. The summed E-state index contributed by atoms with van der Waals surface area (Å²) in [5, 5.41) is 9.53. The quantitative estimate of drug-likeness (QED) is 0.229. The van der Waals surface area contributed by atoms with E-state index in [9.17, 15) is 18.0 Å². The number of carbonyl (C=O) groups is 2. The fourth-order valence-corrected chi connectivity index (χ4v) is 8.89. The van der Waals surface area contributed by atoms with Crippen molar-refractivity contribution in [2.24, 2.45) is 4.40 Å². The van der Waals surface area contributed by atoms with Gasteiger partial charge in [-0.3, -0.25) is 19.4 Å². The van der Waals surface area contributed by atoms with Gasteiger partial charge in [0.1, 0.15) is 6.61 Å². The van der Waals surface area contributed by atoms with Crippen LogP contribution in [0.1, 0.15) is 42.4 Å². The molecule has 0 spiro atoms. The summed E-state index contributed by atoms with van der Waals surface area (Å²) in [5.41, 5.74) is 6.68. The predicted molar refractivity (Wildman–Crippen MR) is 228 cm³/mol. The Morgan fingerprint density at radius 1 is 0.898 bits per heavy atom. The molecule has 1 N–H and O–H groups in total. The Hall–Kier alpha value is -6.27. The minimum absolute atomic E-state index is 0.00330. The van der Waals surface area contributed by atoms with Crippen LogP contribution in [0.25, 0.3) is 21.3 Å². The lowest BCUT2D eigenvalue weighted by Gasteiger charge is -2.34. The highest BCUT2D eigenvalue weighted by Crippen LogP contribution is 2.33. The number of aromatic nitrogens is 6. The van der Waals surface area contributed by atoms with Gasteiger partial charge in [-0.25, -0.2) is 27.6 Å². The highest BCUT2D eigenvalue weighted by molar-refractivity contribution is 7.93. The maximum absolute atomic E-state index is 12.7. The van der Waals surface area contributed by atoms with Crippen molar-refractivity contribution >= 4 is 61.2 Å². The van der Waals surface area contributed by atoms with E-state index >= 15 is 0 Å². The van der Waals surface area contributed by atoms with Gasteiger partial charge in [0, 0.05) is 69.3 Å². The lowest BCUT2D eigenvalue weighted by Crippen LogP contribution is -2.45. The van der Waals surface area contributed by atoms with E-state index in [1.165, 1.54) is 10.8 Å². The van der Waals surface area contributed by atoms with Crippen molar-refractivity contribution in [1.29, 1.82) is 0 Å². The van der Waals surface area contributed by atoms with Gasteiger partial charge in [-0.2, -0.15) is 14.6 Å². The van der Waals surface area contributed by atoms with Crippen LogP contribution in [0.2, 0.25) is 0 Å². The third-order valence-corrected chi connectivity index (χ3v) is 12.6. The highest BCUT2D eigenvalue weighted by atomic mass is 32.2. The molecule has 304 valence electrons. The summed E-state index contributed by atoms with van der Waals surface area (Å²) < 4.78 is 39.1. The lowest BCUT2D eigenvalue weighted by atomic mass is 9.92. The second kappa shape index (κ2) is 17.3. The minimum atomic E-state index is -1.57. The van der Waals surface area contributed by atoms with Crippen molar-refractivity contribution in [3.05, 3.63) is 115 Å². The number of amides is 3. The highest BCUT2D eigenvalue weighted by Gasteiger charge is 2.28. The van der Waals surface area contributed by atoms with Crippen LogP contribution in [0.4, 0.5) is 16.3 Å². The van der Waals surface area contributed by atoms with Crippen LogP contribution in [-0.2, 0) is 39.6 Å². The first kappa shape index (κ1) is 39.6. The molecule has 4 aliphatic rings. The number of fused-ring (bicyclic) bond motifs is 1. The SMILES string of the molecule is CC1=NS(=O)C(n2cc(CCc3ccc(-c4cnc5c(c4)OCCN5C)nc3)cn2)=C1.CN(C(=O)N1CCC(c2cnn(C3=CC(=O)NS3=O)c2)CC1)c1ccccc1. The number of anilines is 2. The average Bonchev–Trinajstić information content (AvgIpc) is 4.07. The van der Waals surface area contributed by atoms with Crippen molar-refractivity contribution < 1.29 is 22.7 Å². The van der Waals surface area contributed by atoms with E-state index in [0.29, 0.717) is 29.8 Å². The topological polar surface area (TPSA) is 173 Å². The van der Waals surface area contributed by atoms with Gasteiger partial charge < -0.3 is 14.5 Å². The molecule has 2 unspecified atom stereocenters. The predicted octanol–water partition coefficient (Wildman–Crippen LogP) is 4.80. The monoisotopic (exact) mass is 833 g/mol. The summed E-state index contributed by atoms with van der Waals surface area (Å²) in [6.07, 6.45) is 17.5. The molecule has 0 bridgehead atoms. The Morgan fingerprint density at radius 2 is 1.66 bits per heavy atom. The van der Waals surface area contributed by atoms with Gasteiger partial charge in [-0.05, 0) is 85.6 Å². The van der Waals surface area contributed by atoms with Gasteiger partial charge in [-0.15, -0.1) is 0 Å². The first-order valence-electron chi connectivity index (χ1n) is 19.2. The van der Waals surface area contributed by atoms with Crippen molar-refractivity contribution in [2.75, 3.05) is 50.1 Å². The molecule has 0 aliphatic carbocycles. The van der Waals surface area contributed by atoms with E-state index in [2.05, 4.69) is 40.3 Å². The third-order valence-electron chi connectivity index (χ3n) is 10.4. The van der Waals surface area contributed by atoms with Gasteiger partial charge >= 0.3 is 6.03 Å². The number of nitrogens with zero attached hydrogens (tertiary/aromatic N) is 10. The van der Waals surface area contributed by atoms with Gasteiger partial charge in [0.15, 0.2) is 43.6 Å². The number of rotatable bonds is 8. The van der Waals surface area contributed by atoms with E-state index in [0.717, 1.165) is 83.1 Å². The third kappa shape index (κ3) is 8.92. The number of allylic oxidation sites excluding steroid dienone is 1. The Kier molecular flexibility index (Phi) is 11.6. The Balaban J connectivity index is 0.000000165. The number of hydrogen-bond donors (Lipinski definition) is 1. The number of benzene rings is 1. The van der Waals surface area contributed by atoms with E-state index in [1.54, 1.807) is 28.9 Å². The van der Waals surface area contributed by atoms with Gasteiger partial charge in [0.05, 0.1) is 30.3 Å². The summed E-state index contributed by atoms with van der Waals surface area (Å²) >= 11 is 0. The Labute approximate surface area is 346 Å². The van der Waals surface area contributed by atoms with Crippen molar-refractivity contribution in [2.45, 2.75) is 38.5 Å². The molecule has 18 heteroatoms. The van der Waals surface area contributed by atoms with Gasteiger partial charge in [0.2, 0.25) is 0 Å². The largest absolute Gasteiger partial charge is 0.488 e. The van der Waals surface area contributed by atoms with Crippen LogP contribution in [-0.4, -0.2) is 101 Å². The lowest BCUT2D eigenvalue weighted by molar-refractivity contribution is -0.114. The number of piperidine rings is 1. The summed E-state index contributed by atoms with van der Waals surface area (Å²) in [7, 11) is 0.873. The van der Waals surface area contributed by atoms with Crippen molar-refractivity contribution in [3.63, 3.8) is 0 Å². The molecule has 0 saturated carbocycles. The average molecular weight is 834 g/mol. The first-order chi connectivity index (χ1) is 28.6. The van der Waals surface area contributed by atoms with Crippen molar-refractivity contribution in [1.82, 2.24) is 39.2 Å². The molecule has 5 aromatic rings. The van der Waals surface area contributed by atoms with Crippen LogP contribution in [0.3, 0.4) is 0 Å². The first-order valence-corrected chi connectivity index (χ1v) is 21.4. The number of likely N-dealkylation sites (N-methyl/N-ethyl adjacent to an activating group) is 1. The number of para-hydroxylation sites is 1. The van der Waals surface area contributed by atoms with Crippen LogP contribution in [0.15, 0.2) is 102 Å². The van der Waals surface area contributed by atoms with E-state index < -0.39 is 22.0 Å². The smallest absolute Gasteiger partial charge is 0.324 e. The molecule has 0 radical (unpaired) electrons. The molecular formula is C41H43N11O5S2. The normalized spacial score (nSPS) is 18.8. The molecule has 1 fully saturated rings. The fraction of sp³-hybridized carbons (Fsp3) is 0.293. The molecule has 4 aliphatic heterocycles. The van der Waals surface area contributed by atoms with E-state index in [-0.39, 0.29) is 17.9 Å². The second-order valence-corrected chi connectivity index (χ2v) is 16.8. The van der Waals surface area contributed by atoms with Crippen LogP contribution in [0.5, 0.6) is 5.75 Å². The number of aryl methyl sites for hydroxylation is 2. The second-order valence-electron chi connectivity index (χ2n) is 14.5. The molecule has 8 heterocycles. The molecule has 59 heavy (non-hydrogen) atoms. The zero-order chi connectivity index (χ0) is 41.0. The van der Waals surface area contributed by atoms with Gasteiger partial charge in [0.25, 0.3) is 5.91 Å². The molecule has 16 nitrogen and oxygen atoms in total. The zero-order valence-corrected chi connectivity index (χ0v) is 34.4. The zero-order valence-electron chi connectivity index (χ0n) is 32.8. The van der Waals surface area contributed by atoms with Crippen LogP contribution in [0, 0.1) is 0 Å². The fourth-order valence-electron chi connectivity index (χ4n) is 7.13. The standard InChI is InChI=1S/C22H22N6O2S.C19H21N5O3S/c1-15-9-21(31(29)26-15)28-14-17(12-25-28)4-3-16-5-6-19(23-11-16)18-10-20-22(24-13-18)27(2)7-8-30-20;1-22(16-5-3-2-4-6-16)19(26)23-9-7-14(8-10-23)15-12-20-24(13-15)18-11-17(25)21-28(18)27/h5-6,9-14H,3-4,7-8H2,1-2H3;2-6,11-14H,7-10H2,1H3,(H,21,25). The molecule has 2 atom stereocenters. The number of pyridine rings is 2. The minimum Gasteiger partial charge on any atom is -0.488 e. The van der Waals surface area contributed by atoms with Crippen LogP contribution < -0.4 is 19.3 Å². The number of urea groups is 1. The summed E-state index contributed by atoms with van der Waals surface area (Å²) in [6.45, 7) is 4.67. The molecule has 4 aromatic heterocycles. The summed E-state index contributed by atoms with van der Waals surface area (Å²) in [6, 6.07) is 15.7. The number of hydrogen-bond acceptors (Lipinski definition) is 10. The van der Waals surface area contributed by atoms with E-state index in [1.807, 2.05) is 92.3 Å². The Morgan fingerprint density at radius 3 is 2.37 bits per heavy atom. The Bertz CT molecular complexity index is 2510. The molecule has 9 rings (SSSR count). The molecular weight excluding hydrogens is 791 g/mol. The number of likely N-dealkylation sites (tertiary alicyclic amines) is 1. The maximum Gasteiger partial charge on any atom is 0.324 e. The van der Waals surface area contributed by atoms with Crippen LogP contribution >= 0.6 is 0 Å². The molecule has 1 aromatic carbocycles. The summed E-state index contributed by atoms with van der Waals surface area (Å²) in [5.74, 6) is 1.57. The number of carbonyl (C=O) groups excluding carboxylic acids is 2. The van der Waals surface area contributed by atoms with Gasteiger partial charge in [-0.1, -0.05) is 24.3 Å². The number of nitrogens with one attached hydrogen (secondary N) is 1. The number of ether oxygens (including phenoxy) is 1. The van der Waals surface area contributed by atoms with Crippen molar-refractivity contribution in [3.8, 4) is 17.0 Å². The molecule has 1 saturated heterocycles. The maximum atomic E-state index is 12.7. The molecule has 3 amide bonds.